The zero-order valence-electron chi connectivity index (χ0n) is 22.7. The van der Waals surface area contributed by atoms with Gasteiger partial charge in [-0.05, 0) is 54.7 Å². The summed E-state index contributed by atoms with van der Waals surface area (Å²) in [5.74, 6) is 0. The van der Waals surface area contributed by atoms with Crippen LogP contribution in [0.1, 0.15) is 53.5 Å². The molecule has 0 radical (unpaired) electrons. The van der Waals surface area contributed by atoms with Crippen LogP contribution in [0.25, 0.3) is 23.1 Å². The van der Waals surface area contributed by atoms with E-state index in [9.17, 15) is 5.26 Å². The number of aromatic amines is 1. The summed E-state index contributed by atoms with van der Waals surface area (Å²) in [5, 5.41) is 14.5. The second-order valence-corrected chi connectivity index (χ2v) is 10.9. The highest BCUT2D eigenvalue weighted by Gasteiger charge is 2.26. The lowest BCUT2D eigenvalue weighted by atomic mass is 10.1. The molecule has 198 valence electrons. The molecule has 4 aromatic rings. The van der Waals surface area contributed by atoms with Crippen molar-refractivity contribution >= 4 is 34.4 Å². The van der Waals surface area contributed by atoms with Crippen molar-refractivity contribution in [1.29, 1.82) is 5.26 Å². The van der Waals surface area contributed by atoms with Crippen LogP contribution in [0.4, 0.5) is 11.4 Å². The second-order valence-electron chi connectivity index (χ2n) is 10.9. The van der Waals surface area contributed by atoms with Gasteiger partial charge in [-0.25, -0.2) is 0 Å². The van der Waals surface area contributed by atoms with Gasteiger partial charge in [0.15, 0.2) is 0 Å². The summed E-state index contributed by atoms with van der Waals surface area (Å²) in [6.07, 6.45) is 15.1. The number of benzene rings is 2. The molecule has 2 fully saturated rings. The molecule has 1 aliphatic heterocycles. The fourth-order valence-electron chi connectivity index (χ4n) is 6.12. The molecule has 0 unspecified atom stereocenters. The van der Waals surface area contributed by atoms with Gasteiger partial charge in [-0.15, -0.1) is 0 Å². The number of hydrogen-bond acceptors (Lipinski definition) is 5. The van der Waals surface area contributed by atoms with E-state index in [4.69, 9.17) is 0 Å². The average molecular weight is 517 g/mol. The number of aryl methyl sites for hydroxylation is 1. The van der Waals surface area contributed by atoms with Gasteiger partial charge in [0, 0.05) is 79.5 Å². The zero-order chi connectivity index (χ0) is 26.6. The van der Waals surface area contributed by atoms with Crippen molar-refractivity contribution in [1.82, 2.24) is 19.8 Å². The van der Waals surface area contributed by atoms with Crippen LogP contribution in [0.15, 0.2) is 61.1 Å². The maximum absolute atomic E-state index is 9.78. The molecular formula is C33H36N6. The third-order valence-electron chi connectivity index (χ3n) is 8.45. The van der Waals surface area contributed by atoms with E-state index in [0.717, 1.165) is 59.3 Å². The van der Waals surface area contributed by atoms with Crippen LogP contribution in [-0.4, -0.2) is 52.0 Å². The van der Waals surface area contributed by atoms with Crippen LogP contribution < -0.4 is 5.32 Å². The van der Waals surface area contributed by atoms with E-state index in [1.807, 2.05) is 18.5 Å². The highest BCUT2D eigenvalue weighted by Crippen LogP contribution is 2.31. The summed E-state index contributed by atoms with van der Waals surface area (Å²) < 4.78 is 0. The average Bonchev–Trinajstić information content (AvgIpc) is 3.68. The molecule has 1 saturated carbocycles. The maximum Gasteiger partial charge on any atom is 0.103 e. The van der Waals surface area contributed by atoms with Gasteiger partial charge in [0.25, 0.3) is 0 Å². The summed E-state index contributed by atoms with van der Waals surface area (Å²) >= 11 is 0. The molecule has 2 aromatic carbocycles. The number of fused-ring (bicyclic) bond motifs is 1. The van der Waals surface area contributed by atoms with Crippen molar-refractivity contribution in [2.45, 2.75) is 45.2 Å². The Labute approximate surface area is 231 Å². The van der Waals surface area contributed by atoms with Crippen molar-refractivity contribution in [2.24, 2.45) is 0 Å². The minimum Gasteiger partial charge on any atom is -0.361 e. The van der Waals surface area contributed by atoms with E-state index >= 15 is 0 Å². The van der Waals surface area contributed by atoms with Crippen molar-refractivity contribution in [3.63, 3.8) is 0 Å². The largest absolute Gasteiger partial charge is 0.361 e. The number of pyridine rings is 1. The number of H-pyrrole nitrogens is 1. The lowest BCUT2D eigenvalue weighted by molar-refractivity contribution is 0.0937. The first-order chi connectivity index (χ1) is 19.2. The van der Waals surface area contributed by atoms with Crippen LogP contribution in [0, 0.1) is 18.3 Å². The number of piperazine rings is 1. The molecule has 0 amide bonds. The quantitative estimate of drug-likeness (QED) is 0.285. The fraction of sp³-hybridized carbons (Fsp3) is 0.333. The summed E-state index contributed by atoms with van der Waals surface area (Å²) in [7, 11) is 0. The Morgan fingerprint density at radius 3 is 2.56 bits per heavy atom. The molecule has 0 spiro atoms. The van der Waals surface area contributed by atoms with Crippen molar-refractivity contribution in [2.75, 3.05) is 31.5 Å². The van der Waals surface area contributed by atoms with E-state index in [1.165, 1.54) is 49.7 Å². The predicted molar refractivity (Wildman–Crippen MR) is 160 cm³/mol. The number of aromatic nitrogens is 2. The Bertz CT molecular complexity index is 1500. The van der Waals surface area contributed by atoms with Crippen molar-refractivity contribution in [3.8, 4) is 6.07 Å². The van der Waals surface area contributed by atoms with Gasteiger partial charge in [-0.2, -0.15) is 5.26 Å². The van der Waals surface area contributed by atoms with Crippen LogP contribution in [0.5, 0.6) is 0 Å². The molecule has 3 heterocycles. The molecule has 0 atom stereocenters. The molecular weight excluding hydrogens is 480 g/mol. The Morgan fingerprint density at radius 1 is 1.00 bits per heavy atom. The first-order valence-electron chi connectivity index (χ1n) is 14.1. The number of rotatable bonds is 7. The minimum absolute atomic E-state index is 0.522. The van der Waals surface area contributed by atoms with Crippen LogP contribution >= 0.6 is 0 Å². The number of hydrogen-bond donors (Lipinski definition) is 2. The molecule has 1 aliphatic carbocycles. The second kappa shape index (κ2) is 11.4. The monoisotopic (exact) mass is 516 g/mol. The summed E-state index contributed by atoms with van der Waals surface area (Å²) in [6.45, 7) is 7.83. The van der Waals surface area contributed by atoms with Gasteiger partial charge >= 0.3 is 0 Å². The van der Waals surface area contributed by atoms with Gasteiger partial charge in [0.1, 0.15) is 6.07 Å². The Kier molecular flexibility index (Phi) is 7.44. The van der Waals surface area contributed by atoms with Crippen molar-refractivity contribution in [3.05, 3.63) is 88.9 Å². The smallest absolute Gasteiger partial charge is 0.103 e. The van der Waals surface area contributed by atoms with Crippen LogP contribution in [-0.2, 0) is 6.54 Å². The van der Waals surface area contributed by atoms with E-state index in [0.29, 0.717) is 5.56 Å². The van der Waals surface area contributed by atoms with Gasteiger partial charge in [0.05, 0.1) is 11.3 Å². The molecule has 6 heteroatoms. The van der Waals surface area contributed by atoms with Crippen molar-refractivity contribution < 1.29 is 0 Å². The van der Waals surface area contributed by atoms with Gasteiger partial charge in [0.2, 0.25) is 0 Å². The summed E-state index contributed by atoms with van der Waals surface area (Å²) in [5.41, 5.74) is 7.88. The molecule has 6 nitrogen and oxygen atoms in total. The van der Waals surface area contributed by atoms with E-state index in [2.05, 4.69) is 86.6 Å². The fourth-order valence-corrected chi connectivity index (χ4v) is 6.12. The first kappa shape index (κ1) is 25.4. The van der Waals surface area contributed by atoms with Gasteiger partial charge < -0.3 is 10.3 Å². The first-order valence-corrected chi connectivity index (χ1v) is 14.1. The van der Waals surface area contributed by atoms with Gasteiger partial charge in [-0.3, -0.25) is 14.8 Å². The maximum atomic E-state index is 9.78. The van der Waals surface area contributed by atoms with E-state index in [-0.39, 0.29) is 0 Å². The molecule has 0 bridgehead atoms. The summed E-state index contributed by atoms with van der Waals surface area (Å²) in [4.78, 5) is 12.9. The Hall–Kier alpha value is -3.92. The molecule has 2 aromatic heterocycles. The number of nitriles is 1. The summed E-state index contributed by atoms with van der Waals surface area (Å²) in [6, 6.07) is 18.2. The van der Waals surface area contributed by atoms with E-state index in [1.54, 1.807) is 6.20 Å². The number of anilines is 2. The minimum atomic E-state index is 0.522. The van der Waals surface area contributed by atoms with Crippen LogP contribution in [0.2, 0.25) is 0 Å². The Morgan fingerprint density at radius 2 is 1.79 bits per heavy atom. The Balaban J connectivity index is 1.13. The normalized spacial score (nSPS) is 17.2. The molecule has 6 rings (SSSR count). The SMILES string of the molecule is Cc1c(Nc2c(C#N)cncc2/C=C/c2ccc(CN3CCN(C4CCCC4)CC3)cc2)ccc2[nH]ccc12. The standard InChI is InChI=1S/C33H36N6/c1-24-30-14-15-36-32(30)13-12-31(24)37-33-27(21-35-22-28(33)20-34)11-10-25-6-8-26(9-7-25)23-38-16-18-39(19-17-38)29-4-2-3-5-29/h6-15,21-22,29,36H,2-5,16-19,23H2,1H3,(H,35,37)/b11-10+. The lowest BCUT2D eigenvalue weighted by Gasteiger charge is -2.38. The molecule has 2 N–H and O–H groups in total. The topological polar surface area (TPSA) is 71.0 Å². The molecule has 39 heavy (non-hydrogen) atoms. The molecule has 2 aliphatic rings. The lowest BCUT2D eigenvalue weighted by Crippen LogP contribution is -2.49. The van der Waals surface area contributed by atoms with Crippen LogP contribution in [0.3, 0.4) is 0 Å². The zero-order valence-corrected chi connectivity index (χ0v) is 22.7. The van der Waals surface area contributed by atoms with E-state index < -0.39 is 0 Å². The number of nitrogens with one attached hydrogen (secondary N) is 2. The predicted octanol–water partition coefficient (Wildman–Crippen LogP) is 6.72. The highest BCUT2D eigenvalue weighted by molar-refractivity contribution is 5.90. The highest BCUT2D eigenvalue weighted by atomic mass is 15.3. The third-order valence-corrected chi connectivity index (χ3v) is 8.45. The van der Waals surface area contributed by atoms with Gasteiger partial charge in [-0.1, -0.05) is 49.3 Å². The molecule has 1 saturated heterocycles. The number of nitrogens with zero attached hydrogens (tertiary/aromatic N) is 4. The third kappa shape index (κ3) is 5.61.